The molecular weight excluding hydrogens is 112 g/mol. The topological polar surface area (TPSA) is 64.7 Å². The van der Waals surface area contributed by atoms with Gasteiger partial charge in [-0.2, -0.15) is 0 Å². The molecule has 1 aliphatic rings. The molecule has 0 saturated carbocycles. The summed E-state index contributed by atoms with van der Waals surface area (Å²) in [6, 6.07) is -0.852. The molecule has 1 heterocycles. The zero-order valence-electron chi connectivity index (χ0n) is 3.90. The lowest BCUT2D eigenvalue weighted by molar-refractivity contribution is -0.502. The maximum atomic E-state index is 9.80. The van der Waals surface area contributed by atoms with E-state index < -0.39 is 11.0 Å². The van der Waals surface area contributed by atoms with Crippen molar-refractivity contribution < 1.29 is 9.76 Å². The molecule has 1 atom stereocenters. The van der Waals surface area contributed by atoms with Gasteiger partial charge in [-0.15, -0.1) is 0 Å². The zero-order valence-corrected chi connectivity index (χ0v) is 3.90. The van der Waals surface area contributed by atoms with E-state index in [1.165, 1.54) is 0 Å². The van der Waals surface area contributed by atoms with Gasteiger partial charge in [-0.05, 0) is 0 Å². The molecular formula is C3H3N2O3. The third kappa shape index (κ3) is 0.749. The van der Waals surface area contributed by atoms with E-state index >= 15 is 0 Å². The maximum absolute atomic E-state index is 9.80. The molecule has 5 nitrogen and oxygen atoms in total. The zero-order chi connectivity index (χ0) is 5.98. The molecule has 8 heavy (non-hydrogen) atoms. The number of nitrogens with zero attached hydrogens (tertiary/aromatic N) is 2. The normalized spacial score (nSPS) is 25.2. The molecule has 0 N–H and O–H groups in total. The summed E-state index contributed by atoms with van der Waals surface area (Å²) in [6.07, 6.45) is 2.16. The van der Waals surface area contributed by atoms with Crippen LogP contribution >= 0.6 is 0 Å². The molecule has 5 heteroatoms. The van der Waals surface area contributed by atoms with E-state index in [1.807, 2.05) is 0 Å². The maximum Gasteiger partial charge on any atom is 0.296 e. The van der Waals surface area contributed by atoms with E-state index in [0.29, 0.717) is 0 Å². The minimum absolute atomic E-state index is 0.0208. The standard InChI is InChI=1S/C3H3N2O3/c6-5(7)3-1-4-8-2-3/h3H,2H2. The highest BCUT2D eigenvalue weighted by molar-refractivity contribution is 5.63. The minimum atomic E-state index is -0.852. The predicted molar refractivity (Wildman–Crippen MR) is 24.2 cm³/mol. The summed E-state index contributed by atoms with van der Waals surface area (Å²) < 4.78 is 0. The van der Waals surface area contributed by atoms with Crippen molar-refractivity contribution in [3.05, 3.63) is 10.1 Å². The Morgan fingerprint density at radius 1 is 2.00 bits per heavy atom. The Hall–Kier alpha value is -1.13. The quantitative estimate of drug-likeness (QED) is 0.342. The molecule has 43 valence electrons. The van der Waals surface area contributed by atoms with Crippen molar-refractivity contribution in [3.8, 4) is 0 Å². The summed E-state index contributed by atoms with van der Waals surface area (Å²) in [5.41, 5.74) is 0. The third-order valence-electron chi connectivity index (χ3n) is 0.753. The first-order chi connectivity index (χ1) is 3.80. The van der Waals surface area contributed by atoms with Gasteiger partial charge in [0.2, 0.25) is 0 Å². The predicted octanol–water partition coefficient (Wildman–Crippen LogP) is -0.475. The Morgan fingerprint density at radius 2 is 2.75 bits per heavy atom. The monoisotopic (exact) mass is 115 g/mol. The number of hydrogen-bond acceptors (Lipinski definition) is 4. The highest BCUT2D eigenvalue weighted by Gasteiger charge is 2.23. The molecule has 0 spiro atoms. The van der Waals surface area contributed by atoms with Gasteiger partial charge in [0.15, 0.2) is 12.8 Å². The smallest absolute Gasteiger partial charge is 0.296 e. The second-order valence-corrected chi connectivity index (χ2v) is 1.32. The summed E-state index contributed by atoms with van der Waals surface area (Å²) in [4.78, 5) is 13.6. The fraction of sp³-hybridized carbons (Fsp3) is 0.667. The molecule has 0 bridgehead atoms. The minimum Gasteiger partial charge on any atom is -0.387 e. The van der Waals surface area contributed by atoms with Crippen LogP contribution in [-0.2, 0) is 4.84 Å². The SMILES string of the molecule is O=[N+]([O-])C1[C]=NOC1. The van der Waals surface area contributed by atoms with Gasteiger partial charge >= 0.3 is 0 Å². The molecule has 1 rings (SSSR count). The van der Waals surface area contributed by atoms with Crippen LogP contribution in [0.5, 0.6) is 0 Å². The molecule has 0 aromatic heterocycles. The van der Waals surface area contributed by atoms with Crippen LogP contribution in [-0.4, -0.2) is 23.8 Å². The van der Waals surface area contributed by atoms with E-state index in [4.69, 9.17) is 0 Å². The average molecular weight is 115 g/mol. The van der Waals surface area contributed by atoms with Gasteiger partial charge in [-0.1, -0.05) is 5.16 Å². The van der Waals surface area contributed by atoms with Gasteiger partial charge in [-0.3, -0.25) is 10.1 Å². The Kier molecular flexibility index (Phi) is 1.11. The first-order valence-corrected chi connectivity index (χ1v) is 2.02. The molecule has 1 aliphatic heterocycles. The van der Waals surface area contributed by atoms with Crippen LogP contribution < -0.4 is 0 Å². The van der Waals surface area contributed by atoms with Gasteiger partial charge in [0.25, 0.3) is 6.04 Å². The van der Waals surface area contributed by atoms with Gasteiger partial charge in [0.05, 0.1) is 0 Å². The fourth-order valence-corrected chi connectivity index (χ4v) is 0.351. The average Bonchev–Trinajstić information content (AvgIpc) is 2.12. The summed E-state index contributed by atoms with van der Waals surface area (Å²) in [7, 11) is 0. The largest absolute Gasteiger partial charge is 0.387 e. The highest BCUT2D eigenvalue weighted by Crippen LogP contribution is 1.95. The summed E-state index contributed by atoms with van der Waals surface area (Å²) in [5, 5.41) is 12.9. The summed E-state index contributed by atoms with van der Waals surface area (Å²) in [5.74, 6) is 0. The Morgan fingerprint density at radius 3 is 3.00 bits per heavy atom. The Balaban J connectivity index is 2.48. The molecule has 1 unspecified atom stereocenters. The van der Waals surface area contributed by atoms with E-state index in [-0.39, 0.29) is 6.61 Å². The van der Waals surface area contributed by atoms with Gasteiger partial charge in [0, 0.05) is 4.92 Å². The molecule has 0 saturated heterocycles. The van der Waals surface area contributed by atoms with Crippen molar-refractivity contribution >= 4 is 6.21 Å². The number of nitro groups is 1. The van der Waals surface area contributed by atoms with Crippen LogP contribution in [0, 0.1) is 10.1 Å². The van der Waals surface area contributed by atoms with Crippen molar-refractivity contribution in [2.24, 2.45) is 5.16 Å². The van der Waals surface area contributed by atoms with Gasteiger partial charge < -0.3 is 4.84 Å². The lowest BCUT2D eigenvalue weighted by atomic mass is 10.4. The van der Waals surface area contributed by atoms with Crippen LogP contribution in [0.25, 0.3) is 0 Å². The Labute approximate surface area is 45.1 Å². The highest BCUT2D eigenvalue weighted by atomic mass is 16.7. The number of rotatable bonds is 1. The first-order valence-electron chi connectivity index (χ1n) is 2.02. The summed E-state index contributed by atoms with van der Waals surface area (Å²) in [6.45, 7) is 0.0208. The van der Waals surface area contributed by atoms with Crippen molar-refractivity contribution in [1.29, 1.82) is 0 Å². The van der Waals surface area contributed by atoms with Crippen molar-refractivity contribution in [2.75, 3.05) is 6.61 Å². The number of hydrogen-bond donors (Lipinski definition) is 0. The molecule has 0 aromatic rings. The fourth-order valence-electron chi connectivity index (χ4n) is 0.351. The molecule has 0 aromatic carbocycles. The molecule has 0 fully saturated rings. The first kappa shape index (κ1) is 5.02. The Bertz CT molecular complexity index is 132. The van der Waals surface area contributed by atoms with Crippen LogP contribution in [0.3, 0.4) is 0 Å². The molecule has 1 radical (unpaired) electrons. The van der Waals surface area contributed by atoms with E-state index in [2.05, 4.69) is 16.2 Å². The van der Waals surface area contributed by atoms with Crippen LogP contribution in [0.4, 0.5) is 0 Å². The second kappa shape index (κ2) is 1.77. The second-order valence-electron chi connectivity index (χ2n) is 1.32. The van der Waals surface area contributed by atoms with E-state index in [0.717, 1.165) is 0 Å². The third-order valence-corrected chi connectivity index (χ3v) is 0.753. The van der Waals surface area contributed by atoms with Gasteiger partial charge in [0.1, 0.15) is 0 Å². The van der Waals surface area contributed by atoms with Crippen LogP contribution in [0.2, 0.25) is 0 Å². The van der Waals surface area contributed by atoms with Crippen molar-refractivity contribution in [3.63, 3.8) is 0 Å². The lowest BCUT2D eigenvalue weighted by Crippen LogP contribution is -2.21. The summed E-state index contributed by atoms with van der Waals surface area (Å²) >= 11 is 0. The van der Waals surface area contributed by atoms with Crippen molar-refractivity contribution in [2.45, 2.75) is 6.04 Å². The van der Waals surface area contributed by atoms with Crippen LogP contribution in [0.15, 0.2) is 5.16 Å². The van der Waals surface area contributed by atoms with Crippen molar-refractivity contribution in [1.82, 2.24) is 0 Å². The lowest BCUT2D eigenvalue weighted by Gasteiger charge is -1.90. The molecule has 0 amide bonds. The van der Waals surface area contributed by atoms with E-state index in [9.17, 15) is 10.1 Å². The van der Waals surface area contributed by atoms with Gasteiger partial charge in [-0.25, -0.2) is 0 Å². The molecule has 0 aliphatic carbocycles. The van der Waals surface area contributed by atoms with E-state index in [1.54, 1.807) is 0 Å². The van der Waals surface area contributed by atoms with Crippen LogP contribution in [0.1, 0.15) is 0 Å².